The first-order valence-corrected chi connectivity index (χ1v) is 6.95. The van der Waals surface area contributed by atoms with Gasteiger partial charge in [-0.3, -0.25) is 14.5 Å². The highest BCUT2D eigenvalue weighted by atomic mass is 32.1. The Bertz CT molecular complexity index is 834. The number of nitrogens with zero attached hydrogens (tertiary/aromatic N) is 2. The van der Waals surface area contributed by atoms with Crippen LogP contribution in [0.2, 0.25) is 0 Å². The lowest BCUT2D eigenvalue weighted by Crippen LogP contribution is -2.40. The van der Waals surface area contributed by atoms with Gasteiger partial charge in [0.15, 0.2) is 0 Å². The van der Waals surface area contributed by atoms with Crippen LogP contribution in [0.5, 0.6) is 0 Å². The average molecular weight is 319 g/mol. The third kappa shape index (κ3) is 2.23. The van der Waals surface area contributed by atoms with Crippen LogP contribution in [0.25, 0.3) is 0 Å². The summed E-state index contributed by atoms with van der Waals surface area (Å²) in [5, 5.41) is 9.32. The third-order valence-electron chi connectivity index (χ3n) is 2.97. The molecule has 1 aromatic carbocycles. The first kappa shape index (κ1) is 15.6. The van der Waals surface area contributed by atoms with Crippen molar-refractivity contribution in [1.29, 1.82) is 0 Å². The monoisotopic (exact) mass is 319 g/mol. The second-order valence-corrected chi connectivity index (χ2v) is 4.47. The lowest BCUT2D eigenvalue weighted by atomic mass is 10.1. The number of rotatable bonds is 1. The number of carbonyl (C=O) groups excluding carboxylic acids is 1. The van der Waals surface area contributed by atoms with E-state index < -0.39 is 17.2 Å². The molecular formula is C14H13N3O4S. The van der Waals surface area contributed by atoms with E-state index in [-0.39, 0.29) is 15.4 Å². The van der Waals surface area contributed by atoms with Crippen molar-refractivity contribution in [3.05, 3.63) is 62.4 Å². The molecule has 1 aliphatic heterocycles. The van der Waals surface area contributed by atoms with Crippen LogP contribution < -0.4 is 16.1 Å². The highest BCUT2D eigenvalue weighted by Gasteiger charge is 2.35. The van der Waals surface area contributed by atoms with Gasteiger partial charge in [-0.2, -0.15) is 0 Å². The predicted molar refractivity (Wildman–Crippen MR) is 84.8 cm³/mol. The number of hydrogen-bond acceptors (Lipinski definition) is 5. The van der Waals surface area contributed by atoms with Gasteiger partial charge in [-0.1, -0.05) is 49.0 Å². The Labute approximate surface area is 130 Å². The van der Waals surface area contributed by atoms with Gasteiger partial charge >= 0.3 is 11.2 Å². The molecule has 7 nitrogen and oxygen atoms in total. The van der Waals surface area contributed by atoms with Gasteiger partial charge in [0, 0.05) is 11.8 Å². The molecular weight excluding hydrogens is 306 g/mol. The van der Waals surface area contributed by atoms with Crippen LogP contribution in [0.15, 0.2) is 40.1 Å². The van der Waals surface area contributed by atoms with Crippen molar-refractivity contribution in [2.75, 3.05) is 4.90 Å². The largest absolute Gasteiger partial charge is 0.421 e. The molecule has 1 aromatic heterocycles. The van der Waals surface area contributed by atoms with Crippen molar-refractivity contribution in [2.24, 2.45) is 0 Å². The molecule has 22 heavy (non-hydrogen) atoms. The van der Waals surface area contributed by atoms with Gasteiger partial charge in [0.1, 0.15) is 10.7 Å². The first-order valence-electron chi connectivity index (χ1n) is 6.54. The van der Waals surface area contributed by atoms with E-state index in [0.717, 1.165) is 11.1 Å². The molecule has 0 bridgehead atoms. The van der Waals surface area contributed by atoms with Crippen LogP contribution in [0.1, 0.15) is 29.8 Å². The molecule has 0 aliphatic carbocycles. The van der Waals surface area contributed by atoms with Gasteiger partial charge in [-0.05, 0) is 6.07 Å². The van der Waals surface area contributed by atoms with Crippen molar-refractivity contribution in [3.63, 3.8) is 0 Å². The molecule has 0 unspecified atom stereocenters. The fraction of sp³-hybridized carbons (Fsp3) is 0.143. The van der Waals surface area contributed by atoms with Crippen LogP contribution in [-0.2, 0) is 0 Å². The number of benzene rings is 1. The molecule has 8 heteroatoms. The van der Waals surface area contributed by atoms with E-state index in [4.69, 9.17) is 12.2 Å². The highest BCUT2D eigenvalue weighted by Crippen LogP contribution is 2.26. The molecule has 114 valence electrons. The minimum atomic E-state index is -1.02. The molecule has 2 N–H and O–H groups in total. The Morgan fingerprint density at radius 2 is 1.68 bits per heavy atom. The van der Waals surface area contributed by atoms with Crippen molar-refractivity contribution < 1.29 is 10.0 Å². The topological polar surface area (TPSA) is 95.4 Å². The number of hydrogen-bond donors (Lipinski definition) is 2. The zero-order chi connectivity index (χ0) is 16.4. The van der Waals surface area contributed by atoms with Crippen LogP contribution in [0.4, 0.5) is 5.69 Å². The standard InChI is InChI=1S/C12H7N3O4S.C2H6/c16-9-6-3-1-2-4-7(6)11(20)14(9)8-5-13-12(18)15(19)10(8)17;1-2/h1-5,19H,(H,13,18);1-2H3. The van der Waals surface area contributed by atoms with E-state index in [0.29, 0.717) is 11.1 Å². The van der Waals surface area contributed by atoms with Gasteiger partial charge in [0.05, 0.1) is 5.56 Å². The normalized spacial score (nSPS) is 12.7. The first-order chi connectivity index (χ1) is 10.5. The third-order valence-corrected chi connectivity index (χ3v) is 3.37. The van der Waals surface area contributed by atoms with E-state index in [1.165, 1.54) is 0 Å². The minimum Gasteiger partial charge on any atom is -0.421 e. The number of H-pyrrole nitrogens is 1. The molecule has 1 aliphatic rings. The molecule has 2 heterocycles. The minimum absolute atomic E-state index is 0.103. The van der Waals surface area contributed by atoms with Gasteiger partial charge in [-0.25, -0.2) is 4.79 Å². The number of fused-ring (bicyclic) bond motifs is 1. The average Bonchev–Trinajstić information content (AvgIpc) is 2.80. The van der Waals surface area contributed by atoms with Crippen molar-refractivity contribution >= 4 is 28.8 Å². The fourth-order valence-electron chi connectivity index (χ4n) is 2.02. The maximum Gasteiger partial charge on any atom is 0.361 e. The number of carbonyl (C=O) groups is 1. The van der Waals surface area contributed by atoms with E-state index in [1.54, 1.807) is 24.3 Å². The lowest BCUT2D eigenvalue weighted by Gasteiger charge is -2.14. The summed E-state index contributed by atoms with van der Waals surface area (Å²) in [7, 11) is 0. The van der Waals surface area contributed by atoms with Gasteiger partial charge < -0.3 is 10.2 Å². The summed E-state index contributed by atoms with van der Waals surface area (Å²) in [6.45, 7) is 4.00. The van der Waals surface area contributed by atoms with Crippen molar-refractivity contribution in [3.8, 4) is 0 Å². The van der Waals surface area contributed by atoms with Crippen molar-refractivity contribution in [1.82, 2.24) is 9.71 Å². The van der Waals surface area contributed by atoms with Gasteiger partial charge in [0.2, 0.25) is 0 Å². The Balaban J connectivity index is 0.000000847. The molecule has 0 fully saturated rings. The van der Waals surface area contributed by atoms with Crippen molar-refractivity contribution in [2.45, 2.75) is 13.8 Å². The van der Waals surface area contributed by atoms with Gasteiger partial charge in [-0.15, -0.1) is 0 Å². The van der Waals surface area contributed by atoms with Gasteiger partial charge in [0.25, 0.3) is 5.91 Å². The SMILES string of the molecule is CC.O=C1c2ccccc2C(=S)N1c1c[nH]c(=O)n(O)c1=O. The maximum absolute atomic E-state index is 12.3. The van der Waals surface area contributed by atoms with Crippen LogP contribution in [0.3, 0.4) is 0 Å². The molecule has 0 spiro atoms. The summed E-state index contributed by atoms with van der Waals surface area (Å²) < 4.78 is -0.103. The van der Waals surface area contributed by atoms with E-state index in [2.05, 4.69) is 4.98 Å². The quantitative estimate of drug-likeness (QED) is 0.607. The summed E-state index contributed by atoms with van der Waals surface area (Å²) >= 11 is 5.17. The molecule has 0 saturated heterocycles. The predicted octanol–water partition coefficient (Wildman–Crippen LogP) is 1.14. The van der Waals surface area contributed by atoms with Crippen LogP contribution in [0, 0.1) is 0 Å². The molecule has 0 radical (unpaired) electrons. The Morgan fingerprint density at radius 3 is 2.27 bits per heavy atom. The smallest absolute Gasteiger partial charge is 0.361 e. The summed E-state index contributed by atoms with van der Waals surface area (Å²) in [5.74, 6) is -0.477. The second-order valence-electron chi connectivity index (χ2n) is 4.09. The summed E-state index contributed by atoms with van der Waals surface area (Å²) in [4.78, 5) is 38.5. The molecule has 2 aromatic rings. The highest BCUT2D eigenvalue weighted by molar-refractivity contribution is 7.81. The Morgan fingerprint density at radius 1 is 1.09 bits per heavy atom. The molecule has 3 rings (SSSR count). The summed E-state index contributed by atoms with van der Waals surface area (Å²) in [6, 6.07) is 6.66. The lowest BCUT2D eigenvalue weighted by molar-refractivity contribution is 0.101. The number of anilines is 1. The van der Waals surface area contributed by atoms with Crippen LogP contribution in [-0.4, -0.2) is 25.8 Å². The Hall–Kier alpha value is -2.74. The summed E-state index contributed by atoms with van der Waals surface area (Å²) in [6.07, 6.45) is 1.05. The van der Waals surface area contributed by atoms with Crippen LogP contribution >= 0.6 is 12.2 Å². The number of aromatic amines is 1. The summed E-state index contributed by atoms with van der Waals surface area (Å²) in [5.41, 5.74) is -1.32. The Kier molecular flexibility index (Phi) is 4.22. The second kappa shape index (κ2) is 5.94. The van der Waals surface area contributed by atoms with E-state index in [1.807, 2.05) is 13.8 Å². The number of thiocarbonyl (C=S) groups is 1. The number of aromatic nitrogens is 2. The molecule has 1 amide bonds. The fourth-order valence-corrected chi connectivity index (χ4v) is 2.38. The van der Waals surface area contributed by atoms with E-state index >= 15 is 0 Å². The van der Waals surface area contributed by atoms with E-state index in [9.17, 15) is 19.6 Å². The maximum atomic E-state index is 12.3. The molecule has 0 saturated carbocycles. The number of nitrogens with one attached hydrogen (secondary N) is 1. The molecule has 0 atom stereocenters. The number of amides is 1. The zero-order valence-corrected chi connectivity index (χ0v) is 12.7. The zero-order valence-electron chi connectivity index (χ0n) is 11.9.